The van der Waals surface area contributed by atoms with Crippen molar-refractivity contribution in [2.75, 3.05) is 4.72 Å². The number of nitrogens with one attached hydrogen (secondary N) is 1. The molecule has 5 nitrogen and oxygen atoms in total. The highest BCUT2D eigenvalue weighted by Crippen LogP contribution is 2.18. The first-order valence-corrected chi connectivity index (χ1v) is 7.21. The number of anilines is 1. The first kappa shape index (κ1) is 14.9. The molecular formula is C13H9F2N3O2S. The van der Waals surface area contributed by atoms with Crippen molar-refractivity contribution in [1.29, 1.82) is 5.26 Å². The van der Waals surface area contributed by atoms with Crippen LogP contribution in [0.2, 0.25) is 0 Å². The first-order chi connectivity index (χ1) is 9.92. The van der Waals surface area contributed by atoms with E-state index in [4.69, 9.17) is 5.26 Å². The predicted octanol–water partition coefficient (Wildman–Crippen LogP) is 2.23. The molecule has 21 heavy (non-hydrogen) atoms. The highest BCUT2D eigenvalue weighted by Gasteiger charge is 2.17. The lowest BCUT2D eigenvalue weighted by molar-refractivity contribution is 0.515. The zero-order valence-corrected chi connectivity index (χ0v) is 11.4. The first-order valence-electron chi connectivity index (χ1n) is 5.73. The van der Waals surface area contributed by atoms with Crippen molar-refractivity contribution in [3.05, 3.63) is 53.9 Å². The van der Waals surface area contributed by atoms with Gasteiger partial charge >= 0.3 is 0 Å². The van der Waals surface area contributed by atoms with Gasteiger partial charge in [-0.3, -0.25) is 4.72 Å². The van der Waals surface area contributed by atoms with E-state index in [1.165, 1.54) is 24.3 Å². The highest BCUT2D eigenvalue weighted by molar-refractivity contribution is 7.92. The average Bonchev–Trinajstić information content (AvgIpc) is 2.43. The van der Waals surface area contributed by atoms with Crippen LogP contribution in [0, 0.1) is 23.2 Å². The fourth-order valence-electron chi connectivity index (χ4n) is 1.57. The van der Waals surface area contributed by atoms with Crippen LogP contribution in [0.1, 0.15) is 5.56 Å². The molecule has 8 heteroatoms. The summed E-state index contributed by atoms with van der Waals surface area (Å²) in [5.74, 6) is -2.30. The Morgan fingerprint density at radius 2 is 1.81 bits per heavy atom. The average molecular weight is 309 g/mol. The molecule has 0 spiro atoms. The normalized spacial score (nSPS) is 10.9. The third-order valence-corrected chi connectivity index (χ3v) is 3.96. The van der Waals surface area contributed by atoms with Gasteiger partial charge in [-0.05, 0) is 29.8 Å². The second kappa shape index (κ2) is 5.85. The lowest BCUT2D eigenvalue weighted by atomic mass is 10.2. The minimum absolute atomic E-state index is 0.104. The zero-order valence-electron chi connectivity index (χ0n) is 10.5. The third-order valence-electron chi connectivity index (χ3n) is 2.58. The van der Waals surface area contributed by atoms with Crippen LogP contribution in [0.15, 0.2) is 41.3 Å². The monoisotopic (exact) mass is 309 g/mol. The van der Waals surface area contributed by atoms with Gasteiger partial charge in [-0.2, -0.15) is 19.0 Å². The van der Waals surface area contributed by atoms with E-state index in [9.17, 15) is 17.2 Å². The maximum atomic E-state index is 13.3. The van der Waals surface area contributed by atoms with Crippen LogP contribution < -0.4 is 4.72 Å². The predicted molar refractivity (Wildman–Crippen MR) is 70.7 cm³/mol. The van der Waals surface area contributed by atoms with E-state index in [1.54, 1.807) is 0 Å². The molecule has 0 atom stereocenters. The van der Waals surface area contributed by atoms with Crippen molar-refractivity contribution in [1.82, 2.24) is 4.98 Å². The van der Waals surface area contributed by atoms with Gasteiger partial charge in [-0.15, -0.1) is 0 Å². The fourth-order valence-corrected chi connectivity index (χ4v) is 2.62. The number of halogens is 2. The summed E-state index contributed by atoms with van der Waals surface area (Å²) >= 11 is 0. The van der Waals surface area contributed by atoms with Crippen molar-refractivity contribution < 1.29 is 17.2 Å². The number of sulfonamides is 1. The van der Waals surface area contributed by atoms with Crippen LogP contribution in [0.5, 0.6) is 0 Å². The molecule has 0 amide bonds. The number of hydrogen-bond acceptors (Lipinski definition) is 4. The van der Waals surface area contributed by atoms with E-state index >= 15 is 0 Å². The van der Waals surface area contributed by atoms with Gasteiger partial charge in [0.2, 0.25) is 11.9 Å². The fraction of sp³-hybridized carbons (Fsp3) is 0.0769. The van der Waals surface area contributed by atoms with Gasteiger partial charge in [0.05, 0.1) is 17.4 Å². The minimum Gasteiger partial charge on any atom is -0.275 e. The number of pyridine rings is 1. The van der Waals surface area contributed by atoms with Crippen LogP contribution in [-0.2, 0) is 16.4 Å². The van der Waals surface area contributed by atoms with E-state index in [1.807, 2.05) is 10.8 Å². The zero-order chi connectivity index (χ0) is 15.5. The summed E-state index contributed by atoms with van der Waals surface area (Å²) in [5.41, 5.74) is 0.212. The molecule has 1 N–H and O–H groups in total. The van der Waals surface area contributed by atoms with Gasteiger partial charge in [0, 0.05) is 0 Å². The molecule has 0 bridgehead atoms. The summed E-state index contributed by atoms with van der Waals surface area (Å²) in [4.78, 5) is 2.79. The number of aromatic nitrogens is 1. The molecule has 0 fully saturated rings. The van der Waals surface area contributed by atoms with Gasteiger partial charge in [0.15, 0.2) is 0 Å². The van der Waals surface area contributed by atoms with Crippen LogP contribution in [-0.4, -0.2) is 13.4 Å². The summed E-state index contributed by atoms with van der Waals surface area (Å²) in [6.45, 7) is 0. The second-order valence-corrected chi connectivity index (χ2v) is 5.74. The Balaban J connectivity index is 2.27. The Morgan fingerprint density at radius 1 is 1.14 bits per heavy atom. The Bertz CT molecular complexity index is 799. The van der Waals surface area contributed by atoms with Crippen molar-refractivity contribution in [2.24, 2.45) is 0 Å². The Morgan fingerprint density at radius 3 is 2.38 bits per heavy atom. The van der Waals surface area contributed by atoms with Crippen LogP contribution in [0.3, 0.4) is 0 Å². The van der Waals surface area contributed by atoms with Crippen molar-refractivity contribution in [2.45, 2.75) is 11.3 Å². The molecule has 0 aliphatic carbocycles. The highest BCUT2D eigenvalue weighted by atomic mass is 32.2. The van der Waals surface area contributed by atoms with Crippen LogP contribution in [0.25, 0.3) is 0 Å². The maximum absolute atomic E-state index is 13.3. The molecule has 1 aromatic heterocycles. The molecule has 0 saturated heterocycles. The summed E-state index contributed by atoms with van der Waals surface area (Å²) in [7, 11) is -4.02. The van der Waals surface area contributed by atoms with Crippen LogP contribution in [0.4, 0.5) is 14.5 Å². The number of nitriles is 1. The van der Waals surface area contributed by atoms with E-state index in [2.05, 4.69) is 4.98 Å². The van der Waals surface area contributed by atoms with Gasteiger partial charge in [0.1, 0.15) is 5.69 Å². The molecule has 0 radical (unpaired) electrons. The third kappa shape index (κ3) is 3.52. The molecule has 0 aliphatic heterocycles. The maximum Gasteiger partial charge on any atom is 0.262 e. The van der Waals surface area contributed by atoms with Crippen molar-refractivity contribution in [3.63, 3.8) is 0 Å². The van der Waals surface area contributed by atoms with Gasteiger partial charge in [0.25, 0.3) is 10.0 Å². The van der Waals surface area contributed by atoms with Crippen LogP contribution >= 0.6 is 0 Å². The Labute approximate surface area is 119 Å². The van der Waals surface area contributed by atoms with Crippen molar-refractivity contribution in [3.8, 4) is 6.07 Å². The van der Waals surface area contributed by atoms with E-state index < -0.39 is 27.6 Å². The van der Waals surface area contributed by atoms with Gasteiger partial charge < -0.3 is 0 Å². The smallest absolute Gasteiger partial charge is 0.262 e. The van der Waals surface area contributed by atoms with Gasteiger partial charge in [-0.1, -0.05) is 12.1 Å². The molecule has 0 aliphatic rings. The lowest BCUT2D eigenvalue weighted by Gasteiger charge is -2.08. The number of rotatable bonds is 4. The number of hydrogen-bond donors (Lipinski definition) is 1. The lowest BCUT2D eigenvalue weighted by Crippen LogP contribution is -2.14. The standard InChI is InChI=1S/C13H9F2N3O2S/c14-12-6-5-11(13(15)17-12)18-21(19,20)10-3-1-9(2-4-10)7-8-16/h1-6,18H,7H2. The van der Waals surface area contributed by atoms with Gasteiger partial charge in [-0.25, -0.2) is 8.42 Å². The van der Waals surface area contributed by atoms with E-state index in [0.717, 1.165) is 12.1 Å². The molecular weight excluding hydrogens is 300 g/mol. The largest absolute Gasteiger partial charge is 0.275 e. The molecule has 108 valence electrons. The number of benzene rings is 1. The van der Waals surface area contributed by atoms with E-state index in [0.29, 0.717) is 5.56 Å². The summed E-state index contributed by atoms with van der Waals surface area (Å²) in [6.07, 6.45) is 0.157. The second-order valence-electron chi connectivity index (χ2n) is 4.06. The Hall–Kier alpha value is -2.53. The summed E-state index contributed by atoms with van der Waals surface area (Å²) < 4.78 is 52.1. The molecule has 0 saturated carbocycles. The summed E-state index contributed by atoms with van der Waals surface area (Å²) in [6, 6.07) is 9.28. The summed E-state index contributed by atoms with van der Waals surface area (Å²) in [5, 5.41) is 8.54. The SMILES string of the molecule is N#CCc1ccc(S(=O)(=O)Nc2ccc(F)nc2F)cc1. The molecule has 1 heterocycles. The van der Waals surface area contributed by atoms with E-state index in [-0.39, 0.29) is 11.3 Å². The molecule has 2 rings (SSSR count). The molecule has 1 aromatic carbocycles. The topological polar surface area (TPSA) is 82.8 Å². The molecule has 0 unspecified atom stereocenters. The molecule has 2 aromatic rings. The Kier molecular flexibility index (Phi) is 4.14. The van der Waals surface area contributed by atoms with Crippen molar-refractivity contribution >= 4 is 15.7 Å². The number of nitrogens with zero attached hydrogens (tertiary/aromatic N) is 2. The quantitative estimate of drug-likeness (QED) is 0.878. The minimum atomic E-state index is -4.02.